The van der Waals surface area contributed by atoms with Crippen molar-refractivity contribution >= 4 is 32.7 Å². The molecule has 1 atom stereocenters. The fourth-order valence-corrected chi connectivity index (χ4v) is 4.57. The molecule has 0 saturated heterocycles. The second-order valence-electron chi connectivity index (χ2n) is 7.20. The Morgan fingerprint density at radius 1 is 1.00 bits per heavy atom. The van der Waals surface area contributed by atoms with Gasteiger partial charge in [0.15, 0.2) is 0 Å². The number of aromatic amines is 1. The summed E-state index contributed by atoms with van der Waals surface area (Å²) in [4.78, 5) is 18.7. The van der Waals surface area contributed by atoms with Gasteiger partial charge < -0.3 is 9.88 Å². The predicted octanol–water partition coefficient (Wildman–Crippen LogP) is 6.33. The van der Waals surface area contributed by atoms with Crippen LogP contribution in [0.15, 0.2) is 89.9 Å². The molecule has 1 unspecified atom stereocenters. The fourth-order valence-electron chi connectivity index (χ4n) is 4.30. The van der Waals surface area contributed by atoms with E-state index in [0.29, 0.717) is 6.54 Å². The third kappa shape index (κ3) is 2.83. The van der Waals surface area contributed by atoms with Gasteiger partial charge in [0.1, 0.15) is 0 Å². The number of fused-ring (bicyclic) bond motifs is 2. The number of H-pyrrole nitrogens is 1. The Labute approximate surface area is 177 Å². The van der Waals surface area contributed by atoms with Crippen LogP contribution in [0.5, 0.6) is 0 Å². The van der Waals surface area contributed by atoms with Crippen molar-refractivity contribution in [1.29, 1.82) is 0 Å². The van der Waals surface area contributed by atoms with Gasteiger partial charge in [0.2, 0.25) is 0 Å². The largest absolute Gasteiger partial charge is 0.354 e. The van der Waals surface area contributed by atoms with Crippen molar-refractivity contribution in [1.82, 2.24) is 9.88 Å². The number of carbonyl (C=O) groups is 1. The fraction of sp³-hybridized carbons (Fsp3) is 0.0800. The number of hydrogen-bond acceptors (Lipinski definition) is 1. The Morgan fingerprint density at radius 3 is 2.52 bits per heavy atom. The number of aromatic nitrogens is 1. The summed E-state index contributed by atoms with van der Waals surface area (Å²) in [5, 5.41) is 1.13. The van der Waals surface area contributed by atoms with Crippen molar-refractivity contribution in [2.75, 3.05) is 6.54 Å². The molecule has 29 heavy (non-hydrogen) atoms. The van der Waals surface area contributed by atoms with Gasteiger partial charge in [-0.05, 0) is 35.4 Å². The maximum atomic E-state index is 13.2. The summed E-state index contributed by atoms with van der Waals surface area (Å²) in [7, 11) is 0. The zero-order chi connectivity index (χ0) is 20.0. The molecule has 4 aromatic rings. The Bertz CT molecular complexity index is 1240. The lowest BCUT2D eigenvalue weighted by molar-refractivity contribution is 0.0771. The summed E-state index contributed by atoms with van der Waals surface area (Å²) in [6.45, 7) is 4.38. The number of para-hydroxylation sites is 1. The number of rotatable bonds is 4. The molecule has 5 rings (SSSR count). The van der Waals surface area contributed by atoms with E-state index in [9.17, 15) is 4.79 Å². The van der Waals surface area contributed by atoms with Gasteiger partial charge in [-0.1, -0.05) is 70.5 Å². The predicted molar refractivity (Wildman–Crippen MR) is 121 cm³/mol. The number of nitrogens with zero attached hydrogens (tertiary/aromatic N) is 1. The Morgan fingerprint density at radius 2 is 1.72 bits per heavy atom. The maximum Gasteiger partial charge on any atom is 0.255 e. The molecule has 0 aliphatic carbocycles. The molecule has 0 fully saturated rings. The van der Waals surface area contributed by atoms with Crippen molar-refractivity contribution < 1.29 is 4.79 Å². The number of carbonyl (C=O) groups excluding carboxylic acids is 1. The van der Waals surface area contributed by atoms with Crippen LogP contribution in [-0.2, 0) is 0 Å². The smallest absolute Gasteiger partial charge is 0.255 e. The molecule has 0 bridgehead atoms. The monoisotopic (exact) mass is 442 g/mol. The molecular formula is C25H19BrN2O. The Kier molecular flexibility index (Phi) is 4.36. The maximum absolute atomic E-state index is 13.2. The van der Waals surface area contributed by atoms with Crippen molar-refractivity contribution in [3.05, 3.63) is 107 Å². The molecule has 142 valence electrons. The highest BCUT2D eigenvalue weighted by Crippen LogP contribution is 2.45. The number of halogens is 1. The van der Waals surface area contributed by atoms with Crippen LogP contribution in [0.2, 0.25) is 0 Å². The molecule has 0 radical (unpaired) electrons. The standard InChI is InChI=1S/C25H19BrN2O/c1-2-15-28-24(18-7-3-4-8-19(18)25(28)29)22-20-9-5-6-10-21(20)27-23(22)16-11-13-17(26)14-12-16/h2-14,24,27H,1,15H2. The average Bonchev–Trinajstić information content (AvgIpc) is 3.25. The van der Waals surface area contributed by atoms with Crippen LogP contribution in [0.1, 0.15) is 27.5 Å². The second-order valence-corrected chi connectivity index (χ2v) is 8.12. The van der Waals surface area contributed by atoms with Crippen LogP contribution >= 0.6 is 15.9 Å². The molecule has 2 heterocycles. The topological polar surface area (TPSA) is 36.1 Å². The molecular weight excluding hydrogens is 424 g/mol. The van der Waals surface area contributed by atoms with Crippen molar-refractivity contribution in [2.24, 2.45) is 0 Å². The highest BCUT2D eigenvalue weighted by atomic mass is 79.9. The summed E-state index contributed by atoms with van der Waals surface area (Å²) in [6.07, 6.45) is 1.80. The molecule has 0 saturated carbocycles. The lowest BCUT2D eigenvalue weighted by Crippen LogP contribution is -2.29. The minimum Gasteiger partial charge on any atom is -0.354 e. The van der Waals surface area contributed by atoms with Crippen molar-refractivity contribution in [3.8, 4) is 11.3 Å². The molecule has 4 heteroatoms. The lowest BCUT2D eigenvalue weighted by Gasteiger charge is -2.25. The third-order valence-corrected chi connectivity index (χ3v) is 6.07. The number of hydrogen-bond donors (Lipinski definition) is 1. The normalized spacial score (nSPS) is 15.7. The summed E-state index contributed by atoms with van der Waals surface area (Å²) < 4.78 is 1.04. The van der Waals surface area contributed by atoms with E-state index in [4.69, 9.17) is 0 Å². The van der Waals surface area contributed by atoms with E-state index in [0.717, 1.165) is 43.3 Å². The molecule has 1 aliphatic heterocycles. The summed E-state index contributed by atoms with van der Waals surface area (Å²) in [6, 6.07) is 24.3. The quantitative estimate of drug-likeness (QED) is 0.368. The number of amides is 1. The zero-order valence-electron chi connectivity index (χ0n) is 15.7. The Hall–Kier alpha value is -3.11. The molecule has 1 amide bonds. The summed E-state index contributed by atoms with van der Waals surface area (Å²) in [5.41, 5.74) is 6.14. The van der Waals surface area contributed by atoms with Crippen LogP contribution in [0, 0.1) is 0 Å². The van der Waals surface area contributed by atoms with Crippen LogP contribution < -0.4 is 0 Å². The zero-order valence-corrected chi connectivity index (χ0v) is 17.3. The SMILES string of the molecule is C=CCN1C(=O)c2ccccc2C1c1c(-c2ccc(Br)cc2)[nH]c2ccccc12. The van der Waals surface area contributed by atoms with Gasteiger partial charge in [-0.3, -0.25) is 4.79 Å². The van der Waals surface area contributed by atoms with E-state index in [2.05, 4.69) is 57.8 Å². The number of nitrogens with one attached hydrogen (secondary N) is 1. The average molecular weight is 443 g/mol. The van der Waals surface area contributed by atoms with Gasteiger partial charge in [0, 0.05) is 33.0 Å². The first kappa shape index (κ1) is 18.0. The molecule has 1 aromatic heterocycles. The van der Waals surface area contributed by atoms with Crippen LogP contribution in [0.3, 0.4) is 0 Å². The van der Waals surface area contributed by atoms with Gasteiger partial charge in [0.05, 0.1) is 11.7 Å². The summed E-state index contributed by atoms with van der Waals surface area (Å²) in [5.74, 6) is 0.0533. The van der Waals surface area contributed by atoms with Crippen molar-refractivity contribution in [2.45, 2.75) is 6.04 Å². The van der Waals surface area contributed by atoms with Gasteiger partial charge >= 0.3 is 0 Å². The van der Waals surface area contributed by atoms with E-state index in [1.165, 1.54) is 0 Å². The van der Waals surface area contributed by atoms with Gasteiger partial charge in [-0.2, -0.15) is 0 Å². The van der Waals surface area contributed by atoms with Crippen LogP contribution in [0.4, 0.5) is 0 Å². The first-order valence-electron chi connectivity index (χ1n) is 9.56. The van der Waals surface area contributed by atoms with E-state index in [1.807, 2.05) is 47.4 Å². The number of benzene rings is 3. The van der Waals surface area contributed by atoms with Gasteiger partial charge in [0.25, 0.3) is 5.91 Å². The summed E-state index contributed by atoms with van der Waals surface area (Å²) >= 11 is 3.52. The highest BCUT2D eigenvalue weighted by Gasteiger charge is 2.39. The molecule has 3 aromatic carbocycles. The third-order valence-electron chi connectivity index (χ3n) is 5.54. The second kappa shape index (κ2) is 7.05. The van der Waals surface area contributed by atoms with E-state index < -0.39 is 0 Å². The van der Waals surface area contributed by atoms with Crippen molar-refractivity contribution in [3.63, 3.8) is 0 Å². The molecule has 1 N–H and O–H groups in total. The minimum absolute atomic E-state index is 0.0533. The Balaban J connectivity index is 1.81. The van der Waals surface area contributed by atoms with Gasteiger partial charge in [-0.15, -0.1) is 6.58 Å². The first-order valence-corrected chi connectivity index (χ1v) is 10.4. The van der Waals surface area contributed by atoms with E-state index >= 15 is 0 Å². The minimum atomic E-state index is -0.161. The molecule has 3 nitrogen and oxygen atoms in total. The van der Waals surface area contributed by atoms with E-state index in [1.54, 1.807) is 6.08 Å². The van der Waals surface area contributed by atoms with E-state index in [-0.39, 0.29) is 11.9 Å². The van der Waals surface area contributed by atoms with Crippen LogP contribution in [-0.4, -0.2) is 22.3 Å². The lowest BCUT2D eigenvalue weighted by atomic mass is 9.93. The molecule has 1 aliphatic rings. The first-order chi connectivity index (χ1) is 14.2. The highest BCUT2D eigenvalue weighted by molar-refractivity contribution is 9.10. The van der Waals surface area contributed by atoms with Crippen LogP contribution in [0.25, 0.3) is 22.2 Å². The molecule has 0 spiro atoms. The van der Waals surface area contributed by atoms with Gasteiger partial charge in [-0.25, -0.2) is 0 Å².